The summed E-state index contributed by atoms with van der Waals surface area (Å²) in [7, 11) is 0. The minimum atomic E-state index is -0.430. The van der Waals surface area contributed by atoms with E-state index in [1.54, 1.807) is 17.0 Å². The van der Waals surface area contributed by atoms with Gasteiger partial charge >= 0.3 is 0 Å². The van der Waals surface area contributed by atoms with Crippen molar-refractivity contribution in [2.24, 2.45) is 0 Å². The van der Waals surface area contributed by atoms with Gasteiger partial charge in [0.15, 0.2) is 0 Å². The van der Waals surface area contributed by atoms with Gasteiger partial charge in [-0.25, -0.2) is 4.39 Å². The number of nitrogens with one attached hydrogen (secondary N) is 1. The third kappa shape index (κ3) is 2.47. The Morgan fingerprint density at radius 2 is 2.29 bits per heavy atom. The van der Waals surface area contributed by atoms with Crippen molar-refractivity contribution >= 4 is 5.91 Å². The van der Waals surface area contributed by atoms with Gasteiger partial charge in [-0.3, -0.25) is 4.79 Å². The lowest BCUT2D eigenvalue weighted by Gasteiger charge is -2.34. The number of nitrogens with zero attached hydrogens (tertiary/aromatic N) is 1. The van der Waals surface area contributed by atoms with Gasteiger partial charge in [0.05, 0.1) is 5.56 Å². The van der Waals surface area contributed by atoms with E-state index in [1.165, 1.54) is 6.07 Å². The Labute approximate surface area is 101 Å². The number of halogens is 1. The Morgan fingerprint density at radius 1 is 1.53 bits per heavy atom. The second-order valence-corrected chi connectivity index (χ2v) is 4.53. The molecule has 92 valence electrons. The molecule has 1 saturated heterocycles. The third-order valence-corrected chi connectivity index (χ3v) is 3.12. The van der Waals surface area contributed by atoms with Crippen LogP contribution in [0.2, 0.25) is 0 Å². The molecule has 1 aliphatic heterocycles. The summed E-state index contributed by atoms with van der Waals surface area (Å²) in [5, 5.41) is 3.21. The van der Waals surface area contributed by atoms with E-state index in [2.05, 4.69) is 5.32 Å². The van der Waals surface area contributed by atoms with Crippen molar-refractivity contribution < 1.29 is 9.18 Å². The molecule has 1 N–H and O–H groups in total. The topological polar surface area (TPSA) is 32.3 Å². The van der Waals surface area contributed by atoms with E-state index in [4.69, 9.17) is 0 Å². The molecule has 0 aliphatic carbocycles. The Balaban J connectivity index is 2.24. The van der Waals surface area contributed by atoms with Gasteiger partial charge < -0.3 is 10.2 Å². The van der Waals surface area contributed by atoms with Crippen LogP contribution >= 0.6 is 0 Å². The van der Waals surface area contributed by atoms with E-state index in [-0.39, 0.29) is 17.5 Å². The van der Waals surface area contributed by atoms with E-state index < -0.39 is 5.82 Å². The summed E-state index contributed by atoms with van der Waals surface area (Å²) in [5.41, 5.74) is 0.997. The summed E-state index contributed by atoms with van der Waals surface area (Å²) in [4.78, 5) is 13.9. The normalized spacial score (nSPS) is 20.4. The van der Waals surface area contributed by atoms with Crippen LogP contribution in [0.5, 0.6) is 0 Å². The highest BCUT2D eigenvalue weighted by Gasteiger charge is 2.25. The Morgan fingerprint density at radius 3 is 2.94 bits per heavy atom. The van der Waals surface area contributed by atoms with Crippen LogP contribution in [0.4, 0.5) is 4.39 Å². The molecule has 0 unspecified atom stereocenters. The predicted molar refractivity (Wildman–Crippen MR) is 64.5 cm³/mol. The van der Waals surface area contributed by atoms with Gasteiger partial charge in [0.2, 0.25) is 0 Å². The van der Waals surface area contributed by atoms with Crippen LogP contribution in [0.25, 0.3) is 0 Å². The number of hydrogen-bond acceptors (Lipinski definition) is 2. The molecule has 0 spiro atoms. The van der Waals surface area contributed by atoms with E-state index in [0.29, 0.717) is 6.54 Å². The average Bonchev–Trinajstić information content (AvgIpc) is 2.29. The number of hydrogen-bond donors (Lipinski definition) is 1. The smallest absolute Gasteiger partial charge is 0.257 e. The average molecular weight is 236 g/mol. The highest BCUT2D eigenvalue weighted by Crippen LogP contribution is 2.15. The van der Waals surface area contributed by atoms with Crippen LogP contribution < -0.4 is 5.32 Å². The van der Waals surface area contributed by atoms with E-state index in [1.807, 2.05) is 13.8 Å². The number of piperazine rings is 1. The number of carbonyl (C=O) groups excluding carboxylic acids is 1. The van der Waals surface area contributed by atoms with Crippen LogP contribution in [-0.2, 0) is 0 Å². The molecule has 1 atom stereocenters. The number of amides is 1. The van der Waals surface area contributed by atoms with Gasteiger partial charge in [0, 0.05) is 25.7 Å². The second-order valence-electron chi connectivity index (χ2n) is 4.53. The third-order valence-electron chi connectivity index (χ3n) is 3.12. The minimum absolute atomic E-state index is 0.108. The Bertz CT molecular complexity index is 433. The van der Waals surface area contributed by atoms with Crippen molar-refractivity contribution in [3.05, 3.63) is 35.1 Å². The van der Waals surface area contributed by atoms with E-state index >= 15 is 0 Å². The molecule has 17 heavy (non-hydrogen) atoms. The Hall–Kier alpha value is -1.42. The molecule has 0 saturated carbocycles. The minimum Gasteiger partial charge on any atom is -0.333 e. The first kappa shape index (κ1) is 12.0. The lowest BCUT2D eigenvalue weighted by molar-refractivity contribution is 0.0651. The zero-order chi connectivity index (χ0) is 12.4. The van der Waals surface area contributed by atoms with E-state index in [0.717, 1.165) is 18.7 Å². The zero-order valence-electron chi connectivity index (χ0n) is 10.2. The van der Waals surface area contributed by atoms with Crippen molar-refractivity contribution in [3.8, 4) is 0 Å². The van der Waals surface area contributed by atoms with Gasteiger partial charge in [-0.05, 0) is 31.5 Å². The van der Waals surface area contributed by atoms with Gasteiger partial charge in [0.25, 0.3) is 5.91 Å². The first-order chi connectivity index (χ1) is 8.09. The predicted octanol–water partition coefficient (Wildman–Crippen LogP) is 1.57. The fraction of sp³-hybridized carbons (Fsp3) is 0.462. The van der Waals surface area contributed by atoms with Gasteiger partial charge in [-0.1, -0.05) is 6.07 Å². The second kappa shape index (κ2) is 4.84. The summed E-state index contributed by atoms with van der Waals surface area (Å²) in [6, 6.07) is 4.85. The van der Waals surface area contributed by atoms with Gasteiger partial charge in [-0.2, -0.15) is 0 Å². The van der Waals surface area contributed by atoms with Crippen LogP contribution in [0.15, 0.2) is 18.2 Å². The molecule has 1 heterocycles. The quantitative estimate of drug-likeness (QED) is 0.802. The number of aryl methyl sites for hydroxylation is 1. The van der Waals surface area contributed by atoms with Crippen LogP contribution in [0.3, 0.4) is 0 Å². The van der Waals surface area contributed by atoms with Crippen molar-refractivity contribution in [2.45, 2.75) is 19.9 Å². The molecule has 3 nitrogen and oxygen atoms in total. The first-order valence-corrected chi connectivity index (χ1v) is 5.87. The molecule has 1 aromatic carbocycles. The molecule has 0 aromatic heterocycles. The van der Waals surface area contributed by atoms with Crippen LogP contribution in [0, 0.1) is 12.7 Å². The fourth-order valence-corrected chi connectivity index (χ4v) is 2.09. The monoisotopic (exact) mass is 236 g/mol. The molecule has 1 amide bonds. The van der Waals surface area contributed by atoms with Crippen molar-refractivity contribution in [1.82, 2.24) is 10.2 Å². The summed E-state index contributed by atoms with van der Waals surface area (Å²) in [6.07, 6.45) is 0. The zero-order valence-corrected chi connectivity index (χ0v) is 10.2. The number of rotatable bonds is 1. The molecule has 0 radical (unpaired) electrons. The summed E-state index contributed by atoms with van der Waals surface area (Å²) in [6.45, 7) is 5.94. The SMILES string of the molecule is Cc1ccc(C(=O)N2CCNC[C@@H]2C)c(F)c1. The van der Waals surface area contributed by atoms with E-state index in [9.17, 15) is 9.18 Å². The van der Waals surface area contributed by atoms with Crippen LogP contribution in [-0.4, -0.2) is 36.5 Å². The van der Waals surface area contributed by atoms with Crippen molar-refractivity contribution in [2.75, 3.05) is 19.6 Å². The molecule has 1 aromatic rings. The van der Waals surface area contributed by atoms with Crippen molar-refractivity contribution in [1.29, 1.82) is 0 Å². The van der Waals surface area contributed by atoms with Crippen LogP contribution in [0.1, 0.15) is 22.8 Å². The first-order valence-electron chi connectivity index (χ1n) is 5.87. The van der Waals surface area contributed by atoms with Gasteiger partial charge in [0.1, 0.15) is 5.82 Å². The molecular weight excluding hydrogens is 219 g/mol. The lowest BCUT2D eigenvalue weighted by Crippen LogP contribution is -2.52. The molecule has 0 bridgehead atoms. The largest absolute Gasteiger partial charge is 0.333 e. The maximum absolute atomic E-state index is 13.7. The summed E-state index contributed by atoms with van der Waals surface area (Å²) in [5.74, 6) is -0.641. The lowest BCUT2D eigenvalue weighted by atomic mass is 10.1. The summed E-state index contributed by atoms with van der Waals surface area (Å²) < 4.78 is 13.7. The number of carbonyl (C=O) groups is 1. The van der Waals surface area contributed by atoms with Gasteiger partial charge in [-0.15, -0.1) is 0 Å². The number of benzene rings is 1. The Kier molecular flexibility index (Phi) is 3.43. The molecule has 1 aliphatic rings. The highest BCUT2D eigenvalue weighted by atomic mass is 19.1. The maximum Gasteiger partial charge on any atom is 0.257 e. The molecule has 1 fully saturated rings. The molecule has 4 heteroatoms. The van der Waals surface area contributed by atoms with Crippen molar-refractivity contribution in [3.63, 3.8) is 0 Å². The molecular formula is C13H17FN2O. The standard InChI is InChI=1S/C13H17FN2O/c1-9-3-4-11(12(14)7-9)13(17)16-6-5-15-8-10(16)2/h3-4,7,10,15H,5-6,8H2,1-2H3/t10-/m0/s1. The fourth-order valence-electron chi connectivity index (χ4n) is 2.09. The maximum atomic E-state index is 13.7. The molecule has 2 rings (SSSR count). The highest BCUT2D eigenvalue weighted by molar-refractivity contribution is 5.94. The summed E-state index contributed by atoms with van der Waals surface area (Å²) >= 11 is 0.